The molecule has 0 N–H and O–H groups in total. The van der Waals surface area contributed by atoms with Crippen LogP contribution in [0.2, 0.25) is 0 Å². The van der Waals surface area contributed by atoms with Gasteiger partial charge in [0.2, 0.25) is 0 Å². The Hall–Kier alpha value is -2.16. The van der Waals surface area contributed by atoms with Gasteiger partial charge in [-0.1, -0.05) is 136 Å². The van der Waals surface area contributed by atoms with Gasteiger partial charge in [0.15, 0.2) is 0 Å². The maximum atomic E-state index is 3.86. The molecule has 0 saturated heterocycles. The molecule has 2 unspecified atom stereocenters. The predicted octanol–water partition coefficient (Wildman–Crippen LogP) is 12.8. The molecule has 4 aromatic carbocycles. The van der Waals surface area contributed by atoms with Crippen LogP contribution in [0.25, 0.3) is 11.1 Å². The summed E-state index contributed by atoms with van der Waals surface area (Å²) in [7, 11) is 0. The molecule has 0 amide bonds. The van der Waals surface area contributed by atoms with E-state index >= 15 is 0 Å². The zero-order valence-corrected chi connectivity index (χ0v) is 30.3. The van der Waals surface area contributed by atoms with Crippen LogP contribution in [0.15, 0.2) is 81.7 Å². The normalized spacial score (nSPS) is 19.1. The molecule has 0 nitrogen and oxygen atoms in total. The summed E-state index contributed by atoms with van der Waals surface area (Å²) >= 11 is 7.72. The molecule has 0 saturated carbocycles. The number of benzene rings is 4. The molecule has 0 radical (unpaired) electrons. The summed E-state index contributed by atoms with van der Waals surface area (Å²) in [5, 5.41) is 0. The maximum Gasteiger partial charge on any atom is 0.0714 e. The van der Waals surface area contributed by atoms with Gasteiger partial charge in [-0.3, -0.25) is 0 Å². The average molecular weight is 699 g/mol. The second-order valence-corrected chi connectivity index (χ2v) is 17.1. The van der Waals surface area contributed by atoms with Gasteiger partial charge in [-0.2, -0.15) is 0 Å². The van der Waals surface area contributed by atoms with E-state index in [1.165, 1.54) is 70.2 Å². The first kappa shape index (κ1) is 30.8. The molecule has 3 aliphatic carbocycles. The zero-order chi connectivity index (χ0) is 30.9. The topological polar surface area (TPSA) is 0 Å². The molecule has 0 bridgehead atoms. The quantitative estimate of drug-likeness (QED) is 0.175. The van der Waals surface area contributed by atoms with Gasteiger partial charge in [-0.25, -0.2) is 0 Å². The van der Waals surface area contributed by atoms with Crippen LogP contribution in [0, 0.1) is 10.8 Å². The number of rotatable bonds is 4. The van der Waals surface area contributed by atoms with Crippen LogP contribution >= 0.6 is 31.9 Å². The first-order valence-corrected chi connectivity index (χ1v) is 17.8. The Morgan fingerprint density at radius 1 is 0.581 bits per heavy atom. The van der Waals surface area contributed by atoms with E-state index in [4.69, 9.17) is 0 Å². The molecule has 0 heterocycles. The Morgan fingerprint density at radius 3 is 1.33 bits per heavy atom. The van der Waals surface area contributed by atoms with Crippen molar-refractivity contribution in [2.45, 2.75) is 98.3 Å². The van der Waals surface area contributed by atoms with E-state index in [9.17, 15) is 0 Å². The monoisotopic (exact) mass is 696 g/mol. The van der Waals surface area contributed by atoms with Crippen LogP contribution in [-0.2, 0) is 18.3 Å². The van der Waals surface area contributed by atoms with E-state index in [1.807, 2.05) is 13.8 Å². The first-order chi connectivity index (χ1) is 20.3. The lowest BCUT2D eigenvalue weighted by Crippen LogP contribution is -2.32. The number of hydrogen-bond acceptors (Lipinski definition) is 0. The Morgan fingerprint density at radius 2 is 0.977 bits per heavy atom. The van der Waals surface area contributed by atoms with Crippen molar-refractivity contribution in [3.05, 3.63) is 126 Å². The number of halogens is 2. The highest BCUT2D eigenvalue weighted by Gasteiger charge is 2.48. The van der Waals surface area contributed by atoms with E-state index < -0.39 is 0 Å². The summed E-state index contributed by atoms with van der Waals surface area (Å²) in [4.78, 5) is 0. The van der Waals surface area contributed by atoms with Gasteiger partial charge in [0.05, 0.1) is 5.41 Å². The fraction of sp³-hybridized carbons (Fsp3) is 0.415. The standard InChI is InChI=1S/C39H40Br2.C2H6/c1-37(2,3)21-25-15-23-17-27(7-11-31(23)25)39(28-8-12-32-24(18-28)16-26(32)22-38(4,5)6)35-19-29(40)9-13-33(35)34-14-10-30(41)20-36(34)39;1-2/h7-14,17-20,25-26H,15-16,21-22H2,1-6H3;1-2H3. The lowest BCUT2D eigenvalue weighted by atomic mass is 9.62. The van der Waals surface area contributed by atoms with Crippen molar-refractivity contribution in [3.8, 4) is 11.1 Å². The molecule has 224 valence electrons. The average Bonchev–Trinajstić information content (AvgIpc) is 3.19. The SMILES string of the molecule is CC.CC(C)(C)CC1Cc2cc(C3(c4ccc5c(c4)CC5CC(C)(C)C)c4cc(Br)ccc4-c4ccc(Br)cc43)ccc21. The van der Waals surface area contributed by atoms with Gasteiger partial charge in [-0.15, -0.1) is 0 Å². The molecular weight excluding hydrogens is 652 g/mol. The summed E-state index contributed by atoms with van der Waals surface area (Å²) < 4.78 is 2.27. The Kier molecular flexibility index (Phi) is 7.91. The Bertz CT molecular complexity index is 1570. The molecule has 3 aliphatic rings. The first-order valence-electron chi connectivity index (χ1n) is 16.2. The highest BCUT2D eigenvalue weighted by atomic mass is 79.9. The third-order valence-electron chi connectivity index (χ3n) is 9.74. The number of fused-ring (bicyclic) bond motifs is 5. The third-order valence-corrected chi connectivity index (χ3v) is 10.7. The van der Waals surface area contributed by atoms with Gasteiger partial charge in [0, 0.05) is 8.95 Å². The van der Waals surface area contributed by atoms with E-state index in [2.05, 4.69) is 146 Å². The van der Waals surface area contributed by atoms with Crippen LogP contribution < -0.4 is 0 Å². The molecule has 2 heteroatoms. The van der Waals surface area contributed by atoms with Crippen molar-refractivity contribution in [2.24, 2.45) is 10.8 Å². The summed E-state index contributed by atoms with van der Waals surface area (Å²) in [6, 6.07) is 28.7. The largest absolute Gasteiger partial charge is 0.0714 e. The zero-order valence-electron chi connectivity index (χ0n) is 27.2. The van der Waals surface area contributed by atoms with Gasteiger partial charge < -0.3 is 0 Å². The van der Waals surface area contributed by atoms with Crippen LogP contribution in [0.4, 0.5) is 0 Å². The minimum absolute atomic E-state index is 0.348. The molecule has 0 aliphatic heterocycles. The fourth-order valence-electron chi connectivity index (χ4n) is 8.22. The van der Waals surface area contributed by atoms with Crippen LogP contribution in [0.1, 0.15) is 125 Å². The van der Waals surface area contributed by atoms with Crippen molar-refractivity contribution in [1.29, 1.82) is 0 Å². The summed E-state index contributed by atoms with van der Waals surface area (Å²) in [5.41, 5.74) is 14.8. The molecule has 2 atom stereocenters. The molecule has 4 aromatic rings. The van der Waals surface area contributed by atoms with E-state index in [0.717, 1.165) is 8.95 Å². The van der Waals surface area contributed by atoms with E-state index in [1.54, 1.807) is 11.1 Å². The van der Waals surface area contributed by atoms with E-state index in [-0.39, 0.29) is 5.41 Å². The minimum atomic E-state index is -0.355. The van der Waals surface area contributed by atoms with Crippen molar-refractivity contribution in [2.75, 3.05) is 0 Å². The predicted molar refractivity (Wildman–Crippen MR) is 192 cm³/mol. The van der Waals surface area contributed by atoms with Crippen LogP contribution in [-0.4, -0.2) is 0 Å². The second kappa shape index (κ2) is 11.0. The summed E-state index contributed by atoms with van der Waals surface area (Å²) in [5.74, 6) is 1.36. The summed E-state index contributed by atoms with van der Waals surface area (Å²) in [6.45, 7) is 18.2. The highest BCUT2D eigenvalue weighted by Crippen LogP contribution is 2.59. The smallest absolute Gasteiger partial charge is 0.0683 e. The molecule has 7 rings (SSSR count). The summed E-state index contributed by atoms with van der Waals surface area (Å²) in [6.07, 6.45) is 4.87. The Balaban J connectivity index is 0.00000161. The van der Waals surface area contributed by atoms with Crippen LogP contribution in [0.3, 0.4) is 0 Å². The van der Waals surface area contributed by atoms with Crippen molar-refractivity contribution in [1.82, 2.24) is 0 Å². The molecular formula is C41H46Br2. The Labute approximate surface area is 277 Å². The fourth-order valence-corrected chi connectivity index (χ4v) is 8.94. The highest BCUT2D eigenvalue weighted by molar-refractivity contribution is 9.10. The van der Waals surface area contributed by atoms with E-state index in [0.29, 0.717) is 22.7 Å². The maximum absolute atomic E-state index is 3.86. The van der Waals surface area contributed by atoms with Gasteiger partial charge >= 0.3 is 0 Å². The van der Waals surface area contributed by atoms with Crippen LogP contribution in [0.5, 0.6) is 0 Å². The molecule has 0 fully saturated rings. The molecule has 0 spiro atoms. The van der Waals surface area contributed by atoms with Gasteiger partial charge in [0.1, 0.15) is 0 Å². The molecule has 43 heavy (non-hydrogen) atoms. The van der Waals surface area contributed by atoms with Gasteiger partial charge in [0.25, 0.3) is 0 Å². The van der Waals surface area contributed by atoms with Crippen molar-refractivity contribution < 1.29 is 0 Å². The van der Waals surface area contributed by atoms with Crippen molar-refractivity contribution >= 4 is 31.9 Å². The number of hydrogen-bond donors (Lipinski definition) is 0. The van der Waals surface area contributed by atoms with Gasteiger partial charge in [-0.05, 0) is 128 Å². The molecule has 0 aromatic heterocycles. The lowest BCUT2D eigenvalue weighted by Gasteiger charge is -2.40. The van der Waals surface area contributed by atoms with Crippen molar-refractivity contribution in [3.63, 3.8) is 0 Å². The second-order valence-electron chi connectivity index (χ2n) is 15.3. The lowest BCUT2D eigenvalue weighted by molar-refractivity contribution is 0.323. The minimum Gasteiger partial charge on any atom is -0.0683 e. The third kappa shape index (κ3) is 5.29.